The monoisotopic (exact) mass is 805 g/mol. The first-order valence-electron chi connectivity index (χ1n) is 21.8. The normalized spacial score (nSPS) is 14.2. The van der Waals surface area contributed by atoms with Crippen molar-refractivity contribution in [1.82, 2.24) is 24.1 Å². The first kappa shape index (κ1) is 35.6. The second-order valence-corrected chi connectivity index (χ2v) is 16.8. The molecule has 5 nitrogen and oxygen atoms in total. The van der Waals surface area contributed by atoms with E-state index < -0.39 is 0 Å². The van der Waals surface area contributed by atoms with E-state index in [1.807, 2.05) is 36.4 Å². The predicted octanol–water partition coefficient (Wildman–Crippen LogP) is 15.0. The third-order valence-corrected chi connectivity index (χ3v) is 13.0. The van der Waals surface area contributed by atoms with Crippen LogP contribution in [0.1, 0.15) is 13.3 Å². The van der Waals surface area contributed by atoms with Gasteiger partial charge in [0, 0.05) is 55.0 Å². The van der Waals surface area contributed by atoms with E-state index in [4.69, 9.17) is 15.0 Å². The van der Waals surface area contributed by atoms with Gasteiger partial charge in [0.05, 0.1) is 22.1 Å². The SMILES string of the molecule is CC1C=C(n2c3ccccc3c3ccc4c5ccccc5n(-c5ccc6c7ccccc7c7c(-c8nc(-c9ccccc9)nc(-c9ccccc9)n8)cccc7c6c5)c4c32)C=CC1. The summed E-state index contributed by atoms with van der Waals surface area (Å²) in [6, 6.07) is 65.2. The van der Waals surface area contributed by atoms with Crippen LogP contribution in [-0.4, -0.2) is 24.1 Å². The molecule has 0 radical (unpaired) electrons. The maximum absolute atomic E-state index is 5.22. The number of rotatable bonds is 5. The Morgan fingerprint density at radius 2 is 0.937 bits per heavy atom. The second-order valence-electron chi connectivity index (χ2n) is 16.8. The largest absolute Gasteiger partial charge is 0.308 e. The van der Waals surface area contributed by atoms with Crippen LogP contribution in [0.3, 0.4) is 0 Å². The van der Waals surface area contributed by atoms with E-state index >= 15 is 0 Å². The van der Waals surface area contributed by atoms with E-state index in [-0.39, 0.29) is 0 Å². The lowest BCUT2D eigenvalue weighted by molar-refractivity contribution is 0.735. The van der Waals surface area contributed by atoms with Gasteiger partial charge in [-0.05, 0) is 69.6 Å². The lowest BCUT2D eigenvalue weighted by atomic mass is 9.91. The van der Waals surface area contributed by atoms with Gasteiger partial charge in [0.15, 0.2) is 17.5 Å². The van der Waals surface area contributed by atoms with Gasteiger partial charge in [-0.15, -0.1) is 0 Å². The molecule has 0 saturated heterocycles. The molecule has 1 unspecified atom stereocenters. The van der Waals surface area contributed by atoms with Crippen molar-refractivity contribution in [2.45, 2.75) is 13.3 Å². The van der Waals surface area contributed by atoms with Crippen LogP contribution in [0.5, 0.6) is 0 Å². The Morgan fingerprint density at radius 3 is 1.60 bits per heavy atom. The van der Waals surface area contributed by atoms with Crippen LogP contribution < -0.4 is 0 Å². The summed E-state index contributed by atoms with van der Waals surface area (Å²) in [5, 5.41) is 12.0. The smallest absolute Gasteiger partial charge is 0.164 e. The fourth-order valence-electron chi connectivity index (χ4n) is 10.3. The minimum atomic E-state index is 0.451. The van der Waals surface area contributed by atoms with Crippen molar-refractivity contribution in [3.05, 3.63) is 200 Å². The second kappa shape index (κ2) is 13.9. The van der Waals surface area contributed by atoms with Crippen LogP contribution in [0.2, 0.25) is 0 Å². The molecule has 3 aromatic heterocycles. The van der Waals surface area contributed by atoms with Crippen LogP contribution >= 0.6 is 0 Å². The third-order valence-electron chi connectivity index (χ3n) is 13.0. The molecule has 1 aliphatic rings. The highest BCUT2D eigenvalue weighted by molar-refractivity contribution is 6.29. The number of hydrogen-bond donors (Lipinski definition) is 0. The molecule has 0 aliphatic heterocycles. The average Bonchev–Trinajstić information content (AvgIpc) is 3.87. The van der Waals surface area contributed by atoms with Crippen molar-refractivity contribution in [3.8, 4) is 39.9 Å². The van der Waals surface area contributed by atoms with Crippen molar-refractivity contribution < 1.29 is 0 Å². The molecular weight excluding hydrogens is 767 g/mol. The number of nitrogens with zero attached hydrogens (tertiary/aromatic N) is 5. The number of benzene rings is 9. The maximum Gasteiger partial charge on any atom is 0.164 e. The van der Waals surface area contributed by atoms with Gasteiger partial charge >= 0.3 is 0 Å². The first-order chi connectivity index (χ1) is 31.2. The van der Waals surface area contributed by atoms with Gasteiger partial charge in [-0.1, -0.05) is 177 Å². The summed E-state index contributed by atoms with van der Waals surface area (Å²) in [5.74, 6) is 2.39. The molecule has 0 saturated carbocycles. The van der Waals surface area contributed by atoms with Crippen LogP contribution in [0.25, 0.3) is 121 Å². The summed E-state index contributed by atoms with van der Waals surface area (Å²) in [6.07, 6.45) is 8.11. The number of allylic oxidation sites excluding steroid dienone is 4. The summed E-state index contributed by atoms with van der Waals surface area (Å²) in [4.78, 5) is 15.5. The number of aromatic nitrogens is 5. The lowest BCUT2D eigenvalue weighted by Gasteiger charge is -2.18. The zero-order chi connectivity index (χ0) is 41.6. The number of hydrogen-bond acceptors (Lipinski definition) is 3. The third kappa shape index (κ3) is 5.46. The Hall–Kier alpha value is -8.15. The van der Waals surface area contributed by atoms with Gasteiger partial charge in [0.25, 0.3) is 0 Å². The first-order valence-corrected chi connectivity index (χ1v) is 21.8. The van der Waals surface area contributed by atoms with Crippen LogP contribution in [0, 0.1) is 5.92 Å². The van der Waals surface area contributed by atoms with Gasteiger partial charge in [0.2, 0.25) is 0 Å². The van der Waals surface area contributed by atoms with Gasteiger partial charge < -0.3 is 9.13 Å². The topological polar surface area (TPSA) is 48.5 Å². The maximum atomic E-state index is 5.22. The average molecular weight is 806 g/mol. The number of para-hydroxylation sites is 2. The molecule has 0 fully saturated rings. The summed E-state index contributed by atoms with van der Waals surface area (Å²) < 4.78 is 5.01. The van der Waals surface area contributed by atoms with E-state index in [1.165, 1.54) is 65.5 Å². The van der Waals surface area contributed by atoms with Crippen molar-refractivity contribution in [2.24, 2.45) is 5.92 Å². The molecule has 0 N–H and O–H groups in total. The minimum Gasteiger partial charge on any atom is -0.308 e. The lowest BCUT2D eigenvalue weighted by Crippen LogP contribution is -2.03. The van der Waals surface area contributed by atoms with E-state index in [2.05, 4.69) is 180 Å². The van der Waals surface area contributed by atoms with Crippen LogP contribution in [0.4, 0.5) is 0 Å². The number of fused-ring (bicyclic) bond motifs is 13. The highest BCUT2D eigenvalue weighted by Crippen LogP contribution is 2.45. The molecule has 0 spiro atoms. The Kier molecular flexibility index (Phi) is 7.88. The molecule has 1 atom stereocenters. The van der Waals surface area contributed by atoms with Crippen molar-refractivity contribution >= 4 is 81.6 Å². The van der Waals surface area contributed by atoms with Gasteiger partial charge in [-0.2, -0.15) is 0 Å². The van der Waals surface area contributed by atoms with Crippen molar-refractivity contribution in [2.75, 3.05) is 0 Å². The van der Waals surface area contributed by atoms with Gasteiger partial charge in [-0.25, -0.2) is 15.0 Å². The molecule has 296 valence electrons. The van der Waals surface area contributed by atoms with Crippen LogP contribution in [-0.2, 0) is 0 Å². The van der Waals surface area contributed by atoms with Gasteiger partial charge in [0.1, 0.15) is 0 Å². The fraction of sp³-hybridized carbons (Fsp3) is 0.0517. The molecular formula is C58H39N5. The summed E-state index contributed by atoms with van der Waals surface area (Å²) >= 11 is 0. The molecule has 5 heteroatoms. The molecule has 9 aromatic carbocycles. The van der Waals surface area contributed by atoms with Crippen molar-refractivity contribution in [1.29, 1.82) is 0 Å². The van der Waals surface area contributed by atoms with E-state index in [1.54, 1.807) is 0 Å². The molecule has 1 aliphatic carbocycles. The van der Waals surface area contributed by atoms with Gasteiger partial charge in [-0.3, -0.25) is 0 Å². The zero-order valence-corrected chi connectivity index (χ0v) is 34.6. The Labute approximate surface area is 363 Å². The van der Waals surface area contributed by atoms with Crippen LogP contribution in [0.15, 0.2) is 200 Å². The molecule has 63 heavy (non-hydrogen) atoms. The minimum absolute atomic E-state index is 0.451. The molecule has 13 rings (SSSR count). The Morgan fingerprint density at radius 1 is 0.429 bits per heavy atom. The molecule has 12 aromatic rings. The quantitative estimate of drug-likeness (QED) is 0.163. The summed E-state index contributed by atoms with van der Waals surface area (Å²) in [5.41, 5.74) is 10.0. The zero-order valence-electron chi connectivity index (χ0n) is 34.6. The fourth-order valence-corrected chi connectivity index (χ4v) is 10.3. The van der Waals surface area contributed by atoms with E-state index in [0.717, 1.165) is 45.0 Å². The summed E-state index contributed by atoms with van der Waals surface area (Å²) in [7, 11) is 0. The van der Waals surface area contributed by atoms with E-state index in [0.29, 0.717) is 23.4 Å². The standard InChI is InChI=1S/C58H39N5/c1-36-16-14-21-39(34-36)62-51-28-12-10-23-43(51)47-32-33-48-44-24-11-13-29-52(44)63(55(48)54(47)62)40-30-31-42-41-22-8-9-25-45(41)53-46(50(42)35-40)26-15-27-49(53)58-60-56(37-17-4-2-5-18-37)59-57(61-58)38-19-6-3-7-20-38/h2-15,17-36H,16H2,1H3. The molecule has 3 heterocycles. The predicted molar refractivity (Wildman–Crippen MR) is 263 cm³/mol. The Bertz CT molecular complexity index is 3830. The summed E-state index contributed by atoms with van der Waals surface area (Å²) in [6.45, 7) is 2.31. The highest BCUT2D eigenvalue weighted by Gasteiger charge is 2.23. The van der Waals surface area contributed by atoms with E-state index in [9.17, 15) is 0 Å². The molecule has 0 amide bonds. The highest BCUT2D eigenvalue weighted by atomic mass is 15.1. The molecule has 0 bridgehead atoms. The van der Waals surface area contributed by atoms with Crippen molar-refractivity contribution in [3.63, 3.8) is 0 Å². The Balaban J connectivity index is 1.13.